The maximum Gasteiger partial charge on any atom is 0.0745 e. The van der Waals surface area contributed by atoms with Gasteiger partial charge >= 0.3 is 0 Å². The molecule has 32 heavy (non-hydrogen) atoms. The average Bonchev–Trinajstić information content (AvgIpc) is 3.39. The van der Waals surface area contributed by atoms with Gasteiger partial charge in [-0.25, -0.2) is 0 Å². The van der Waals surface area contributed by atoms with Gasteiger partial charge in [0, 0.05) is 29.4 Å². The zero-order chi connectivity index (χ0) is 21.1. The second-order valence-corrected chi connectivity index (χ2v) is 9.01. The third-order valence-electron chi connectivity index (χ3n) is 7.45. The first-order chi connectivity index (χ1) is 15.9. The third kappa shape index (κ3) is 2.22. The van der Waals surface area contributed by atoms with Crippen LogP contribution in [0.1, 0.15) is 40.8 Å². The second-order valence-electron chi connectivity index (χ2n) is 9.01. The summed E-state index contributed by atoms with van der Waals surface area (Å²) in [5.41, 5.74) is 11.6. The molecule has 0 spiro atoms. The normalized spacial score (nSPS) is 20.7. The summed E-state index contributed by atoms with van der Waals surface area (Å²) >= 11 is 0. The summed E-state index contributed by atoms with van der Waals surface area (Å²) in [4.78, 5) is 8.61. The van der Waals surface area contributed by atoms with Crippen molar-refractivity contribution in [1.29, 1.82) is 0 Å². The van der Waals surface area contributed by atoms with Gasteiger partial charge in [0.15, 0.2) is 0 Å². The zero-order valence-corrected chi connectivity index (χ0v) is 17.9. The molecule has 0 fully saturated rings. The number of aromatic amines is 1. The van der Waals surface area contributed by atoms with Crippen LogP contribution in [0.15, 0.2) is 89.4 Å². The van der Waals surface area contributed by atoms with Gasteiger partial charge in [0.25, 0.3) is 0 Å². The molecule has 2 heteroatoms. The lowest BCUT2D eigenvalue weighted by molar-refractivity contribution is 0.770. The van der Waals surface area contributed by atoms with Crippen molar-refractivity contribution in [2.45, 2.75) is 24.7 Å². The van der Waals surface area contributed by atoms with Crippen molar-refractivity contribution in [3.05, 3.63) is 112 Å². The molecule has 0 saturated carbocycles. The first-order valence-corrected chi connectivity index (χ1v) is 11.6. The molecular formula is C30H24N2. The van der Waals surface area contributed by atoms with Gasteiger partial charge in [-0.3, -0.25) is 4.99 Å². The largest absolute Gasteiger partial charge is 0.355 e. The first kappa shape index (κ1) is 18.0. The van der Waals surface area contributed by atoms with Gasteiger partial charge in [-0.15, -0.1) is 0 Å². The standard InChI is InChI=1S/C30H24N2/c1-2-9-20(10-3-1)30(21-11-8-18-31-19-21)26-14-6-4-12-22(26)24-16-17-25-23-13-5-7-15-27(23)32-29(25)28(24)30/h1-4,6-7,9-12,14-17,19,32H,5,8,13,18H2. The Balaban J connectivity index is 1.69. The first-order valence-electron chi connectivity index (χ1n) is 11.6. The Morgan fingerprint density at radius 3 is 2.59 bits per heavy atom. The fourth-order valence-corrected chi connectivity index (χ4v) is 6.19. The number of fused-ring (bicyclic) bond motifs is 7. The van der Waals surface area contributed by atoms with Crippen LogP contribution in [-0.2, 0) is 11.8 Å². The average molecular weight is 413 g/mol. The lowest BCUT2D eigenvalue weighted by Gasteiger charge is -2.35. The monoisotopic (exact) mass is 412 g/mol. The quantitative estimate of drug-likeness (QED) is 0.373. The molecule has 7 rings (SSSR count). The molecule has 1 atom stereocenters. The van der Waals surface area contributed by atoms with Crippen LogP contribution in [-0.4, -0.2) is 17.7 Å². The molecule has 2 nitrogen and oxygen atoms in total. The molecule has 1 N–H and O–H groups in total. The number of nitrogens with zero attached hydrogens (tertiary/aromatic N) is 1. The number of hydrogen-bond donors (Lipinski definition) is 1. The van der Waals surface area contributed by atoms with E-state index in [1.165, 1.54) is 55.6 Å². The molecule has 3 aliphatic rings. The summed E-state index contributed by atoms with van der Waals surface area (Å²) in [6.45, 7) is 0.870. The summed E-state index contributed by atoms with van der Waals surface area (Å²) in [5.74, 6) is 0. The molecule has 1 aliphatic heterocycles. The number of nitrogens with one attached hydrogen (secondary N) is 1. The topological polar surface area (TPSA) is 28.1 Å². The predicted molar refractivity (Wildman–Crippen MR) is 133 cm³/mol. The van der Waals surface area contributed by atoms with E-state index in [-0.39, 0.29) is 5.41 Å². The Hall–Kier alpha value is -3.65. The molecule has 0 radical (unpaired) electrons. The van der Waals surface area contributed by atoms with Gasteiger partial charge in [0.1, 0.15) is 0 Å². The van der Waals surface area contributed by atoms with Crippen molar-refractivity contribution in [2.24, 2.45) is 4.99 Å². The molecule has 2 aliphatic carbocycles. The third-order valence-corrected chi connectivity index (χ3v) is 7.45. The molecule has 1 aromatic heterocycles. The minimum Gasteiger partial charge on any atom is -0.355 e. The van der Waals surface area contributed by atoms with Crippen LogP contribution in [0.4, 0.5) is 0 Å². The molecule has 0 bridgehead atoms. The van der Waals surface area contributed by atoms with Crippen LogP contribution in [0.5, 0.6) is 0 Å². The van der Waals surface area contributed by atoms with Crippen molar-refractivity contribution in [1.82, 2.24) is 4.98 Å². The smallest absolute Gasteiger partial charge is 0.0745 e. The number of rotatable bonds is 2. The summed E-state index contributed by atoms with van der Waals surface area (Å²) in [5, 5.41) is 1.37. The van der Waals surface area contributed by atoms with E-state index in [9.17, 15) is 0 Å². The van der Waals surface area contributed by atoms with Gasteiger partial charge in [-0.05, 0) is 58.7 Å². The molecule has 1 unspecified atom stereocenters. The van der Waals surface area contributed by atoms with E-state index in [0.29, 0.717) is 0 Å². The van der Waals surface area contributed by atoms with Gasteiger partial charge in [0.2, 0.25) is 0 Å². The van der Waals surface area contributed by atoms with Crippen LogP contribution in [0.25, 0.3) is 28.1 Å². The summed E-state index contributed by atoms with van der Waals surface area (Å²) < 4.78 is 0. The zero-order valence-electron chi connectivity index (χ0n) is 17.9. The highest BCUT2D eigenvalue weighted by atomic mass is 14.8. The van der Waals surface area contributed by atoms with E-state index in [2.05, 4.69) is 96.2 Å². The van der Waals surface area contributed by atoms with Crippen molar-refractivity contribution in [3.8, 4) is 11.1 Å². The SMILES string of the molecule is C1=Cc2[nH]c3c4c(ccc3c2CC1)-c1ccccc1C4(C1=CCCN=C1)c1ccccc1. The second kappa shape index (κ2) is 6.67. The van der Waals surface area contributed by atoms with Crippen LogP contribution in [0, 0.1) is 0 Å². The highest BCUT2D eigenvalue weighted by Crippen LogP contribution is 2.58. The Labute approximate surface area is 188 Å². The van der Waals surface area contributed by atoms with Crippen molar-refractivity contribution in [3.63, 3.8) is 0 Å². The van der Waals surface area contributed by atoms with Gasteiger partial charge in [-0.1, -0.05) is 78.9 Å². The van der Waals surface area contributed by atoms with Gasteiger partial charge in [-0.2, -0.15) is 0 Å². The maximum atomic E-state index is 4.75. The highest BCUT2D eigenvalue weighted by molar-refractivity contribution is 6.04. The minimum absolute atomic E-state index is 0.367. The van der Waals surface area contributed by atoms with E-state index in [4.69, 9.17) is 4.99 Å². The van der Waals surface area contributed by atoms with Gasteiger partial charge < -0.3 is 4.98 Å². The van der Waals surface area contributed by atoms with Gasteiger partial charge in [0.05, 0.1) is 10.9 Å². The van der Waals surface area contributed by atoms with Crippen molar-refractivity contribution in [2.75, 3.05) is 6.54 Å². The Bertz CT molecular complexity index is 1470. The number of hydrogen-bond acceptors (Lipinski definition) is 1. The molecule has 0 saturated heterocycles. The fraction of sp³-hybridized carbons (Fsp3) is 0.167. The summed E-state index contributed by atoms with van der Waals surface area (Å²) in [6.07, 6.45) is 12.3. The predicted octanol–water partition coefficient (Wildman–Crippen LogP) is 6.84. The number of aromatic nitrogens is 1. The highest BCUT2D eigenvalue weighted by Gasteiger charge is 2.48. The van der Waals surface area contributed by atoms with Crippen LogP contribution < -0.4 is 0 Å². The molecule has 4 aromatic rings. The van der Waals surface area contributed by atoms with Crippen LogP contribution in [0.2, 0.25) is 0 Å². The minimum atomic E-state index is -0.367. The van der Waals surface area contributed by atoms with E-state index in [1.54, 1.807) is 0 Å². The number of aryl methyl sites for hydroxylation is 1. The Morgan fingerprint density at radius 1 is 0.844 bits per heavy atom. The summed E-state index contributed by atoms with van der Waals surface area (Å²) in [6, 6.07) is 24.7. The number of allylic oxidation sites excluding steroid dienone is 2. The Kier molecular flexibility index (Phi) is 3.75. The number of aliphatic imine (C=N–C) groups is 1. The van der Waals surface area contributed by atoms with E-state index in [1.807, 2.05) is 0 Å². The lowest BCUT2D eigenvalue weighted by Crippen LogP contribution is -2.31. The molecule has 0 amide bonds. The molecule has 3 aromatic carbocycles. The fourth-order valence-electron chi connectivity index (χ4n) is 6.19. The van der Waals surface area contributed by atoms with E-state index < -0.39 is 0 Å². The number of benzene rings is 3. The lowest BCUT2D eigenvalue weighted by atomic mass is 9.66. The molecule has 2 heterocycles. The van der Waals surface area contributed by atoms with E-state index >= 15 is 0 Å². The number of dihydropyridines is 1. The van der Waals surface area contributed by atoms with Crippen LogP contribution >= 0.6 is 0 Å². The number of H-pyrrole nitrogens is 1. The van der Waals surface area contributed by atoms with Crippen molar-refractivity contribution < 1.29 is 0 Å². The molecule has 154 valence electrons. The van der Waals surface area contributed by atoms with E-state index in [0.717, 1.165) is 25.8 Å². The van der Waals surface area contributed by atoms with Crippen LogP contribution in [0.3, 0.4) is 0 Å². The molecular weight excluding hydrogens is 388 g/mol. The maximum absolute atomic E-state index is 4.75. The Morgan fingerprint density at radius 2 is 1.72 bits per heavy atom. The summed E-state index contributed by atoms with van der Waals surface area (Å²) in [7, 11) is 0. The van der Waals surface area contributed by atoms with Crippen molar-refractivity contribution >= 4 is 23.2 Å².